The fraction of sp³-hybridized carbons (Fsp3) is 0.467. The number of fused-ring (bicyclic) bond motifs is 1. The van der Waals surface area contributed by atoms with Crippen molar-refractivity contribution < 1.29 is 19.4 Å². The summed E-state index contributed by atoms with van der Waals surface area (Å²) in [6.45, 7) is 3.72. The second-order valence-electron chi connectivity index (χ2n) is 5.91. The maximum Gasteiger partial charge on any atom is 0.346 e. The fourth-order valence-electron chi connectivity index (χ4n) is 2.16. The van der Waals surface area contributed by atoms with E-state index in [0.29, 0.717) is 17.9 Å². The van der Waals surface area contributed by atoms with E-state index in [1.54, 1.807) is 24.3 Å². The first-order valence-electron chi connectivity index (χ1n) is 6.86. The molecule has 3 N–H and O–H groups in total. The van der Waals surface area contributed by atoms with Gasteiger partial charge >= 0.3 is 5.97 Å². The van der Waals surface area contributed by atoms with Crippen molar-refractivity contribution in [2.75, 3.05) is 11.4 Å². The van der Waals surface area contributed by atoms with Crippen molar-refractivity contribution in [1.82, 2.24) is 0 Å². The molecule has 0 spiro atoms. The molecular formula is C15H20N2O4. The number of hydrogen-bond acceptors (Lipinski definition) is 4. The molecule has 1 amide bonds. The molecule has 1 aromatic carbocycles. The minimum Gasteiger partial charge on any atom is -0.478 e. The standard InChI is InChI=1S/C15H20N2O4/c1-15(2,16)8-7-13(18)17-9-12(14(19)20)21-11-6-4-3-5-10(11)17/h3-6,12H,7-9,16H2,1-2H3,(H,19,20). The van der Waals surface area contributed by atoms with Gasteiger partial charge in [0.25, 0.3) is 0 Å². The number of ether oxygens (including phenoxy) is 1. The molecular weight excluding hydrogens is 272 g/mol. The molecule has 0 saturated carbocycles. The maximum absolute atomic E-state index is 12.4. The monoisotopic (exact) mass is 292 g/mol. The van der Waals surface area contributed by atoms with Gasteiger partial charge in [-0.1, -0.05) is 12.1 Å². The number of anilines is 1. The van der Waals surface area contributed by atoms with Gasteiger partial charge < -0.3 is 20.5 Å². The molecule has 0 saturated heterocycles. The van der Waals surface area contributed by atoms with Crippen molar-refractivity contribution in [3.63, 3.8) is 0 Å². The molecule has 0 aliphatic carbocycles. The van der Waals surface area contributed by atoms with Gasteiger partial charge in [0.05, 0.1) is 12.2 Å². The van der Waals surface area contributed by atoms with Crippen LogP contribution in [-0.4, -0.2) is 35.2 Å². The first-order chi connectivity index (χ1) is 9.78. The lowest BCUT2D eigenvalue weighted by Gasteiger charge is -2.33. The van der Waals surface area contributed by atoms with Gasteiger partial charge in [0, 0.05) is 12.0 Å². The number of nitrogens with zero attached hydrogens (tertiary/aromatic N) is 1. The molecule has 1 unspecified atom stereocenters. The van der Waals surface area contributed by atoms with Crippen molar-refractivity contribution in [1.29, 1.82) is 0 Å². The fourth-order valence-corrected chi connectivity index (χ4v) is 2.16. The summed E-state index contributed by atoms with van der Waals surface area (Å²) in [6, 6.07) is 6.95. The summed E-state index contributed by atoms with van der Waals surface area (Å²) in [5.74, 6) is -0.812. The van der Waals surface area contributed by atoms with Crippen LogP contribution < -0.4 is 15.4 Å². The minimum atomic E-state index is -1.08. The molecule has 114 valence electrons. The number of rotatable bonds is 4. The smallest absolute Gasteiger partial charge is 0.346 e. The molecule has 6 nitrogen and oxygen atoms in total. The number of nitrogens with two attached hydrogens (primary N) is 1. The Morgan fingerprint density at radius 3 is 2.71 bits per heavy atom. The summed E-state index contributed by atoms with van der Waals surface area (Å²) in [6.07, 6.45) is -0.248. The SMILES string of the molecule is CC(C)(N)CCC(=O)N1CC(C(=O)O)Oc2ccccc21. The van der Waals surface area contributed by atoms with Crippen LogP contribution in [0.4, 0.5) is 5.69 Å². The third-order valence-electron chi connectivity index (χ3n) is 3.33. The Balaban J connectivity index is 2.21. The van der Waals surface area contributed by atoms with Crippen LogP contribution in [0.25, 0.3) is 0 Å². The third kappa shape index (κ3) is 3.72. The number of carboxylic acids is 1. The molecule has 0 bridgehead atoms. The summed E-state index contributed by atoms with van der Waals surface area (Å²) in [4.78, 5) is 25.0. The lowest BCUT2D eigenvalue weighted by atomic mass is 9.99. The van der Waals surface area contributed by atoms with Crippen LogP contribution in [0, 0.1) is 0 Å². The summed E-state index contributed by atoms with van der Waals surface area (Å²) in [5.41, 5.74) is 6.06. The average Bonchev–Trinajstić information content (AvgIpc) is 2.42. The van der Waals surface area contributed by atoms with E-state index >= 15 is 0 Å². The highest BCUT2D eigenvalue weighted by Crippen LogP contribution is 2.33. The molecule has 0 radical (unpaired) electrons. The van der Waals surface area contributed by atoms with E-state index in [0.717, 1.165) is 0 Å². The van der Waals surface area contributed by atoms with Gasteiger partial charge in [-0.2, -0.15) is 0 Å². The van der Waals surface area contributed by atoms with E-state index in [2.05, 4.69) is 0 Å². The Bertz CT molecular complexity index is 551. The number of carbonyl (C=O) groups excluding carboxylic acids is 1. The zero-order valence-electron chi connectivity index (χ0n) is 12.2. The maximum atomic E-state index is 12.4. The van der Waals surface area contributed by atoms with Crippen molar-refractivity contribution in [2.24, 2.45) is 5.73 Å². The van der Waals surface area contributed by atoms with Gasteiger partial charge in [0.2, 0.25) is 12.0 Å². The zero-order chi connectivity index (χ0) is 15.6. The van der Waals surface area contributed by atoms with Gasteiger partial charge in [0.1, 0.15) is 5.75 Å². The van der Waals surface area contributed by atoms with Crippen molar-refractivity contribution in [3.05, 3.63) is 24.3 Å². The molecule has 21 heavy (non-hydrogen) atoms. The first-order valence-corrected chi connectivity index (χ1v) is 6.86. The Morgan fingerprint density at radius 1 is 1.43 bits per heavy atom. The predicted molar refractivity (Wildman–Crippen MR) is 78.3 cm³/mol. The van der Waals surface area contributed by atoms with Crippen LogP contribution in [-0.2, 0) is 9.59 Å². The second-order valence-corrected chi connectivity index (χ2v) is 5.91. The number of amides is 1. The Labute approximate surface area is 123 Å². The number of para-hydroxylation sites is 2. The van der Waals surface area contributed by atoms with Crippen LogP contribution in [0.5, 0.6) is 5.75 Å². The first kappa shape index (κ1) is 15.3. The zero-order valence-corrected chi connectivity index (χ0v) is 12.2. The third-order valence-corrected chi connectivity index (χ3v) is 3.33. The predicted octanol–water partition coefficient (Wildman–Crippen LogP) is 1.38. The number of benzene rings is 1. The molecule has 1 heterocycles. The van der Waals surface area contributed by atoms with Gasteiger partial charge in [-0.15, -0.1) is 0 Å². The van der Waals surface area contributed by atoms with Crippen molar-refractivity contribution in [2.45, 2.75) is 38.3 Å². The molecule has 1 atom stereocenters. The topological polar surface area (TPSA) is 92.9 Å². The number of carbonyl (C=O) groups is 2. The molecule has 0 aromatic heterocycles. The second kappa shape index (κ2) is 5.73. The lowest BCUT2D eigenvalue weighted by Crippen LogP contribution is -2.47. The van der Waals surface area contributed by atoms with E-state index < -0.39 is 17.6 Å². The molecule has 1 aliphatic rings. The van der Waals surface area contributed by atoms with E-state index in [4.69, 9.17) is 15.6 Å². The number of carboxylic acid groups (broad SMARTS) is 1. The van der Waals surface area contributed by atoms with E-state index in [-0.39, 0.29) is 18.9 Å². The molecule has 1 aromatic rings. The number of aliphatic carboxylic acids is 1. The Morgan fingerprint density at radius 2 is 2.10 bits per heavy atom. The molecule has 0 fully saturated rings. The van der Waals surface area contributed by atoms with Gasteiger partial charge in [-0.25, -0.2) is 4.79 Å². The summed E-state index contributed by atoms with van der Waals surface area (Å²) >= 11 is 0. The van der Waals surface area contributed by atoms with E-state index in [9.17, 15) is 9.59 Å². The lowest BCUT2D eigenvalue weighted by molar-refractivity contribution is -0.145. The van der Waals surface area contributed by atoms with E-state index in [1.165, 1.54) is 4.90 Å². The highest BCUT2D eigenvalue weighted by Gasteiger charge is 2.33. The highest BCUT2D eigenvalue weighted by molar-refractivity contribution is 5.96. The van der Waals surface area contributed by atoms with E-state index in [1.807, 2.05) is 13.8 Å². The Kier molecular flexibility index (Phi) is 4.18. The molecule has 1 aliphatic heterocycles. The van der Waals surface area contributed by atoms with Crippen molar-refractivity contribution in [3.8, 4) is 5.75 Å². The summed E-state index contributed by atoms with van der Waals surface area (Å²) in [5, 5.41) is 9.14. The van der Waals surface area contributed by atoms with Crippen LogP contribution in [0.15, 0.2) is 24.3 Å². The minimum absolute atomic E-state index is 0.0101. The Hall–Kier alpha value is -2.08. The van der Waals surface area contributed by atoms with Gasteiger partial charge in [-0.3, -0.25) is 4.79 Å². The summed E-state index contributed by atoms with van der Waals surface area (Å²) < 4.78 is 5.40. The number of hydrogen-bond donors (Lipinski definition) is 2. The van der Waals surface area contributed by atoms with Crippen LogP contribution in [0.1, 0.15) is 26.7 Å². The van der Waals surface area contributed by atoms with Crippen LogP contribution in [0.2, 0.25) is 0 Å². The van der Waals surface area contributed by atoms with Crippen molar-refractivity contribution >= 4 is 17.6 Å². The quantitative estimate of drug-likeness (QED) is 0.874. The largest absolute Gasteiger partial charge is 0.478 e. The highest BCUT2D eigenvalue weighted by atomic mass is 16.5. The molecule has 2 rings (SSSR count). The average molecular weight is 292 g/mol. The summed E-state index contributed by atoms with van der Waals surface area (Å²) in [7, 11) is 0. The van der Waals surface area contributed by atoms with Crippen LogP contribution >= 0.6 is 0 Å². The normalized spacial score (nSPS) is 17.9. The molecule has 6 heteroatoms. The van der Waals surface area contributed by atoms with Crippen LogP contribution in [0.3, 0.4) is 0 Å². The van der Waals surface area contributed by atoms with Gasteiger partial charge in [0.15, 0.2) is 0 Å². The van der Waals surface area contributed by atoms with Gasteiger partial charge in [-0.05, 0) is 32.4 Å².